The molecule has 0 spiro atoms. The lowest BCUT2D eigenvalue weighted by molar-refractivity contribution is 0.0698. The van der Waals surface area contributed by atoms with Crippen molar-refractivity contribution in [3.05, 3.63) is 46.5 Å². The fraction of sp³-hybridized carbons (Fsp3) is 0.316. The standard InChI is InChI=1S/C19H19N3O5S/c1-24-9-8-22(19(23)16-3-2-10-28-16)7-6-17-20-18(21-27-17)13-4-5-14-15(11-13)26-12-25-14/h2-5,10-11H,6-9,12H2,1H3. The van der Waals surface area contributed by atoms with Gasteiger partial charge in [-0.2, -0.15) is 4.98 Å². The Hall–Kier alpha value is -2.91. The fourth-order valence-corrected chi connectivity index (χ4v) is 3.50. The van der Waals surface area contributed by atoms with E-state index in [1.807, 2.05) is 35.7 Å². The molecule has 0 unspecified atom stereocenters. The third-order valence-corrected chi connectivity index (χ3v) is 5.14. The van der Waals surface area contributed by atoms with E-state index in [2.05, 4.69) is 10.1 Å². The second-order valence-corrected chi connectivity index (χ2v) is 7.04. The summed E-state index contributed by atoms with van der Waals surface area (Å²) >= 11 is 1.42. The van der Waals surface area contributed by atoms with Crippen molar-refractivity contribution in [1.82, 2.24) is 15.0 Å². The molecule has 0 radical (unpaired) electrons. The van der Waals surface area contributed by atoms with Crippen molar-refractivity contribution in [2.75, 3.05) is 33.6 Å². The van der Waals surface area contributed by atoms with Gasteiger partial charge in [0.2, 0.25) is 18.5 Å². The average Bonchev–Trinajstić information content (AvgIpc) is 3.48. The lowest BCUT2D eigenvalue weighted by Crippen LogP contribution is -2.35. The Morgan fingerprint density at radius 2 is 2.14 bits per heavy atom. The molecule has 1 aromatic carbocycles. The molecule has 3 aromatic rings. The number of rotatable bonds is 8. The smallest absolute Gasteiger partial charge is 0.264 e. The Bertz CT molecular complexity index is 941. The zero-order chi connectivity index (χ0) is 19.3. The largest absolute Gasteiger partial charge is 0.454 e. The summed E-state index contributed by atoms with van der Waals surface area (Å²) in [5, 5.41) is 5.92. The van der Waals surface area contributed by atoms with Gasteiger partial charge in [-0.3, -0.25) is 4.79 Å². The van der Waals surface area contributed by atoms with E-state index in [-0.39, 0.29) is 12.7 Å². The Morgan fingerprint density at radius 1 is 1.25 bits per heavy atom. The van der Waals surface area contributed by atoms with Crippen molar-refractivity contribution in [2.24, 2.45) is 0 Å². The SMILES string of the molecule is COCCN(CCc1nc(-c2ccc3c(c2)OCO3)no1)C(=O)c1cccs1. The first kappa shape index (κ1) is 18.5. The summed E-state index contributed by atoms with van der Waals surface area (Å²) in [6.07, 6.45) is 0.457. The van der Waals surface area contributed by atoms with E-state index < -0.39 is 0 Å². The normalized spacial score (nSPS) is 12.3. The van der Waals surface area contributed by atoms with Crippen LogP contribution in [0.3, 0.4) is 0 Å². The molecule has 146 valence electrons. The van der Waals surface area contributed by atoms with E-state index in [1.54, 1.807) is 12.0 Å². The van der Waals surface area contributed by atoms with Gasteiger partial charge >= 0.3 is 0 Å². The molecule has 4 rings (SSSR count). The van der Waals surface area contributed by atoms with Gasteiger partial charge < -0.3 is 23.6 Å². The summed E-state index contributed by atoms with van der Waals surface area (Å²) < 4.78 is 21.2. The van der Waals surface area contributed by atoms with Crippen LogP contribution in [0.25, 0.3) is 11.4 Å². The number of carbonyl (C=O) groups is 1. The van der Waals surface area contributed by atoms with Crippen LogP contribution in [0.1, 0.15) is 15.6 Å². The summed E-state index contributed by atoms with van der Waals surface area (Å²) in [5.41, 5.74) is 0.783. The Morgan fingerprint density at radius 3 is 2.96 bits per heavy atom. The van der Waals surface area contributed by atoms with Crippen molar-refractivity contribution in [2.45, 2.75) is 6.42 Å². The second-order valence-electron chi connectivity index (χ2n) is 6.09. The van der Waals surface area contributed by atoms with Gasteiger partial charge in [0.1, 0.15) is 0 Å². The minimum absolute atomic E-state index is 0.0254. The van der Waals surface area contributed by atoms with E-state index in [4.69, 9.17) is 18.7 Å². The van der Waals surface area contributed by atoms with Crippen molar-refractivity contribution >= 4 is 17.2 Å². The van der Waals surface area contributed by atoms with Gasteiger partial charge in [-0.15, -0.1) is 11.3 Å². The number of carbonyl (C=O) groups excluding carboxylic acids is 1. The second kappa shape index (κ2) is 8.41. The first-order valence-electron chi connectivity index (χ1n) is 8.79. The molecule has 1 aliphatic rings. The number of aromatic nitrogens is 2. The number of methoxy groups -OCH3 is 1. The van der Waals surface area contributed by atoms with Crippen LogP contribution < -0.4 is 9.47 Å². The maximum atomic E-state index is 12.7. The number of hydrogen-bond acceptors (Lipinski definition) is 8. The van der Waals surface area contributed by atoms with Crippen LogP contribution in [0.4, 0.5) is 0 Å². The van der Waals surface area contributed by atoms with Crippen LogP contribution in [-0.4, -0.2) is 54.5 Å². The first-order valence-corrected chi connectivity index (χ1v) is 9.67. The third kappa shape index (κ3) is 4.00. The van der Waals surface area contributed by atoms with E-state index in [0.717, 1.165) is 5.56 Å². The van der Waals surface area contributed by atoms with Crippen molar-refractivity contribution in [3.8, 4) is 22.9 Å². The maximum absolute atomic E-state index is 12.7. The molecule has 8 nitrogen and oxygen atoms in total. The van der Waals surface area contributed by atoms with Crippen LogP contribution in [0.5, 0.6) is 11.5 Å². The molecule has 9 heteroatoms. The molecule has 0 aliphatic carbocycles. The van der Waals surface area contributed by atoms with Gasteiger partial charge in [0.05, 0.1) is 11.5 Å². The highest BCUT2D eigenvalue weighted by Crippen LogP contribution is 2.35. The van der Waals surface area contributed by atoms with Crippen molar-refractivity contribution < 1.29 is 23.5 Å². The molecule has 0 N–H and O–H groups in total. The van der Waals surface area contributed by atoms with Gasteiger partial charge in [-0.25, -0.2) is 0 Å². The highest BCUT2D eigenvalue weighted by atomic mass is 32.1. The zero-order valence-electron chi connectivity index (χ0n) is 15.3. The average molecular weight is 401 g/mol. The Kier molecular flexibility index (Phi) is 5.54. The van der Waals surface area contributed by atoms with Gasteiger partial charge in [0.25, 0.3) is 5.91 Å². The summed E-state index contributed by atoms with van der Waals surface area (Å²) in [4.78, 5) is 19.5. The Labute approximate surface area is 165 Å². The lowest BCUT2D eigenvalue weighted by atomic mass is 10.2. The van der Waals surface area contributed by atoms with E-state index in [1.165, 1.54) is 11.3 Å². The Balaban J connectivity index is 1.42. The number of amides is 1. The van der Waals surface area contributed by atoms with Crippen LogP contribution in [-0.2, 0) is 11.2 Å². The predicted octanol–water partition coefficient (Wildman–Crippen LogP) is 2.86. The first-order chi connectivity index (χ1) is 13.7. The summed E-state index contributed by atoms with van der Waals surface area (Å²) in [6, 6.07) is 9.18. The molecule has 0 saturated heterocycles. The molecular formula is C19H19N3O5S. The van der Waals surface area contributed by atoms with Gasteiger partial charge in [0, 0.05) is 32.2 Å². The van der Waals surface area contributed by atoms with Crippen LogP contribution in [0, 0.1) is 0 Å². The predicted molar refractivity (Wildman–Crippen MR) is 102 cm³/mol. The van der Waals surface area contributed by atoms with Crippen LogP contribution in [0.15, 0.2) is 40.2 Å². The van der Waals surface area contributed by atoms with Crippen molar-refractivity contribution in [1.29, 1.82) is 0 Å². The summed E-state index contributed by atoms with van der Waals surface area (Å²) in [5.74, 6) is 2.28. The van der Waals surface area contributed by atoms with E-state index in [9.17, 15) is 4.79 Å². The molecule has 1 amide bonds. The number of thiophene rings is 1. The number of fused-ring (bicyclic) bond motifs is 1. The van der Waals surface area contributed by atoms with Crippen molar-refractivity contribution in [3.63, 3.8) is 0 Å². The van der Waals surface area contributed by atoms with Crippen LogP contribution in [0.2, 0.25) is 0 Å². The minimum Gasteiger partial charge on any atom is -0.454 e. The van der Waals surface area contributed by atoms with Gasteiger partial charge in [-0.05, 0) is 29.6 Å². The minimum atomic E-state index is -0.0254. The molecule has 28 heavy (non-hydrogen) atoms. The molecule has 0 saturated carbocycles. The highest BCUT2D eigenvalue weighted by molar-refractivity contribution is 7.12. The van der Waals surface area contributed by atoms with E-state index >= 15 is 0 Å². The molecular weight excluding hydrogens is 382 g/mol. The molecule has 2 aromatic heterocycles. The summed E-state index contributed by atoms with van der Waals surface area (Å²) in [7, 11) is 1.61. The number of hydrogen-bond donors (Lipinski definition) is 0. The maximum Gasteiger partial charge on any atom is 0.264 e. The third-order valence-electron chi connectivity index (χ3n) is 4.28. The zero-order valence-corrected chi connectivity index (χ0v) is 16.1. The monoisotopic (exact) mass is 401 g/mol. The quantitative estimate of drug-likeness (QED) is 0.574. The molecule has 1 aliphatic heterocycles. The lowest BCUT2D eigenvalue weighted by Gasteiger charge is -2.20. The summed E-state index contributed by atoms with van der Waals surface area (Å²) in [6.45, 7) is 1.63. The van der Waals surface area contributed by atoms with Gasteiger partial charge in [0.15, 0.2) is 11.5 Å². The number of benzene rings is 1. The topological polar surface area (TPSA) is 86.9 Å². The fourth-order valence-electron chi connectivity index (χ4n) is 2.81. The molecule has 0 bridgehead atoms. The molecule has 3 heterocycles. The highest BCUT2D eigenvalue weighted by Gasteiger charge is 2.19. The van der Waals surface area contributed by atoms with E-state index in [0.29, 0.717) is 54.2 Å². The number of nitrogens with zero attached hydrogens (tertiary/aromatic N) is 3. The number of ether oxygens (including phenoxy) is 3. The van der Waals surface area contributed by atoms with Gasteiger partial charge in [-0.1, -0.05) is 11.2 Å². The van der Waals surface area contributed by atoms with Crippen LogP contribution >= 0.6 is 11.3 Å². The molecule has 0 fully saturated rings. The molecule has 0 atom stereocenters.